The van der Waals surface area contributed by atoms with Crippen molar-refractivity contribution in [3.8, 4) is 17.2 Å². The lowest BCUT2D eigenvalue weighted by atomic mass is 10.2. The molecule has 27 heavy (non-hydrogen) atoms. The van der Waals surface area contributed by atoms with Crippen LogP contribution in [0.4, 0.5) is 0 Å². The normalized spacial score (nSPS) is 11.3. The minimum Gasteiger partial charge on any atom is -0.493 e. The maximum absolute atomic E-state index is 12.1. The van der Waals surface area contributed by atoms with Crippen LogP contribution >= 0.6 is 15.9 Å². The number of benzene rings is 2. The van der Waals surface area contributed by atoms with Gasteiger partial charge in [0.25, 0.3) is 11.8 Å². The molecule has 0 bridgehead atoms. The van der Waals surface area contributed by atoms with Gasteiger partial charge in [-0.15, -0.1) is 0 Å². The van der Waals surface area contributed by atoms with E-state index < -0.39 is 17.9 Å². The van der Waals surface area contributed by atoms with E-state index in [9.17, 15) is 9.59 Å². The van der Waals surface area contributed by atoms with Crippen LogP contribution in [0, 0.1) is 6.92 Å². The number of ether oxygens (including phenoxy) is 3. The van der Waals surface area contributed by atoms with Crippen LogP contribution in [0.3, 0.4) is 0 Å². The molecule has 2 aromatic carbocycles. The third-order valence-corrected chi connectivity index (χ3v) is 4.46. The topological polar surface area (TPSA) is 85.9 Å². The summed E-state index contributed by atoms with van der Waals surface area (Å²) in [6.45, 7) is 3.25. The molecule has 144 valence electrons. The second-order valence-electron chi connectivity index (χ2n) is 5.65. The van der Waals surface area contributed by atoms with Gasteiger partial charge < -0.3 is 14.2 Å². The number of para-hydroxylation sites is 2. The molecule has 2 N–H and O–H groups in total. The fraction of sp³-hybridized carbons (Fsp3) is 0.263. The molecular formula is C19H21BrN2O5. The van der Waals surface area contributed by atoms with Crippen LogP contribution in [0.15, 0.2) is 46.9 Å². The summed E-state index contributed by atoms with van der Waals surface area (Å²) < 4.78 is 17.1. The van der Waals surface area contributed by atoms with Crippen molar-refractivity contribution in [2.24, 2.45) is 0 Å². The van der Waals surface area contributed by atoms with Crippen molar-refractivity contribution in [2.75, 3.05) is 13.7 Å². The summed E-state index contributed by atoms with van der Waals surface area (Å²) in [4.78, 5) is 23.9. The quantitative estimate of drug-likeness (QED) is 0.651. The number of carbonyl (C=O) groups excluding carboxylic acids is 2. The summed E-state index contributed by atoms with van der Waals surface area (Å²) in [5.74, 6) is 0.509. The minimum absolute atomic E-state index is 0.233. The predicted octanol–water partition coefficient (Wildman–Crippen LogP) is 2.76. The van der Waals surface area contributed by atoms with Crippen LogP contribution in [-0.4, -0.2) is 31.6 Å². The van der Waals surface area contributed by atoms with Gasteiger partial charge in [0.2, 0.25) is 0 Å². The van der Waals surface area contributed by atoms with Crippen molar-refractivity contribution < 1.29 is 23.8 Å². The van der Waals surface area contributed by atoms with Crippen LogP contribution in [0.1, 0.15) is 12.5 Å². The fourth-order valence-corrected chi connectivity index (χ4v) is 2.33. The number of hydrogen-bond acceptors (Lipinski definition) is 5. The maximum Gasteiger partial charge on any atom is 0.279 e. The van der Waals surface area contributed by atoms with Gasteiger partial charge in [0.15, 0.2) is 24.2 Å². The predicted molar refractivity (Wildman–Crippen MR) is 104 cm³/mol. The Morgan fingerprint density at radius 2 is 1.81 bits per heavy atom. The smallest absolute Gasteiger partial charge is 0.279 e. The highest BCUT2D eigenvalue weighted by Gasteiger charge is 2.17. The summed E-state index contributed by atoms with van der Waals surface area (Å²) >= 11 is 3.39. The molecule has 0 aromatic heterocycles. The van der Waals surface area contributed by atoms with E-state index in [1.165, 1.54) is 7.11 Å². The van der Waals surface area contributed by atoms with Crippen LogP contribution in [-0.2, 0) is 9.59 Å². The monoisotopic (exact) mass is 436 g/mol. The van der Waals surface area contributed by atoms with Crippen molar-refractivity contribution >= 4 is 27.7 Å². The van der Waals surface area contributed by atoms with E-state index in [0.717, 1.165) is 10.0 Å². The molecule has 1 unspecified atom stereocenters. The lowest BCUT2D eigenvalue weighted by Gasteiger charge is -2.17. The Morgan fingerprint density at radius 3 is 2.48 bits per heavy atom. The Labute approximate surface area is 166 Å². The highest BCUT2D eigenvalue weighted by atomic mass is 79.9. The van der Waals surface area contributed by atoms with E-state index in [-0.39, 0.29) is 6.61 Å². The molecule has 0 fully saturated rings. The first-order valence-electron chi connectivity index (χ1n) is 8.18. The molecule has 0 saturated carbocycles. The van der Waals surface area contributed by atoms with Crippen molar-refractivity contribution in [3.05, 3.63) is 52.5 Å². The number of halogens is 1. The molecule has 0 aliphatic rings. The summed E-state index contributed by atoms with van der Waals surface area (Å²) in [6.07, 6.45) is -0.836. The van der Waals surface area contributed by atoms with Gasteiger partial charge in [-0.3, -0.25) is 20.4 Å². The highest BCUT2D eigenvalue weighted by Crippen LogP contribution is 2.26. The molecule has 0 spiro atoms. The van der Waals surface area contributed by atoms with Crippen LogP contribution < -0.4 is 25.1 Å². The average molecular weight is 437 g/mol. The van der Waals surface area contributed by atoms with Gasteiger partial charge in [-0.1, -0.05) is 28.1 Å². The van der Waals surface area contributed by atoms with Crippen molar-refractivity contribution in [2.45, 2.75) is 20.0 Å². The van der Waals surface area contributed by atoms with Gasteiger partial charge in [-0.2, -0.15) is 0 Å². The Balaban J connectivity index is 1.78. The van der Waals surface area contributed by atoms with Crippen LogP contribution in [0.25, 0.3) is 0 Å². The van der Waals surface area contributed by atoms with E-state index in [2.05, 4.69) is 26.8 Å². The fourth-order valence-electron chi connectivity index (χ4n) is 2.09. The van der Waals surface area contributed by atoms with Gasteiger partial charge >= 0.3 is 0 Å². The van der Waals surface area contributed by atoms with E-state index in [4.69, 9.17) is 14.2 Å². The third kappa shape index (κ3) is 6.18. The zero-order chi connectivity index (χ0) is 19.8. The van der Waals surface area contributed by atoms with E-state index in [0.29, 0.717) is 17.2 Å². The third-order valence-electron chi connectivity index (χ3n) is 3.57. The van der Waals surface area contributed by atoms with Gasteiger partial charge in [0.1, 0.15) is 5.75 Å². The number of rotatable bonds is 7. The number of aryl methyl sites for hydroxylation is 1. The first-order valence-corrected chi connectivity index (χ1v) is 8.97. The molecule has 0 aliphatic heterocycles. The van der Waals surface area contributed by atoms with E-state index in [1.54, 1.807) is 43.3 Å². The molecule has 0 saturated heterocycles. The average Bonchev–Trinajstić information content (AvgIpc) is 2.67. The summed E-state index contributed by atoms with van der Waals surface area (Å²) in [6, 6.07) is 12.4. The van der Waals surface area contributed by atoms with E-state index >= 15 is 0 Å². The molecule has 0 radical (unpaired) electrons. The maximum atomic E-state index is 12.1. The molecule has 7 nitrogen and oxygen atoms in total. The zero-order valence-corrected chi connectivity index (χ0v) is 16.8. The van der Waals surface area contributed by atoms with Gasteiger partial charge in [0.05, 0.1) is 7.11 Å². The summed E-state index contributed by atoms with van der Waals surface area (Å²) in [5.41, 5.74) is 5.58. The lowest BCUT2D eigenvalue weighted by molar-refractivity contribution is -0.133. The second-order valence-corrected chi connectivity index (χ2v) is 6.50. The van der Waals surface area contributed by atoms with Gasteiger partial charge in [-0.25, -0.2) is 0 Å². The Morgan fingerprint density at radius 1 is 1.11 bits per heavy atom. The summed E-state index contributed by atoms with van der Waals surface area (Å²) in [5, 5.41) is 0. The lowest BCUT2D eigenvalue weighted by Crippen LogP contribution is -2.48. The zero-order valence-electron chi connectivity index (χ0n) is 15.2. The molecule has 0 heterocycles. The summed E-state index contributed by atoms with van der Waals surface area (Å²) in [7, 11) is 1.51. The number of nitrogens with one attached hydrogen (secondary N) is 2. The van der Waals surface area contributed by atoms with Crippen molar-refractivity contribution in [3.63, 3.8) is 0 Å². The number of amides is 2. The second kappa shape index (κ2) is 9.82. The first kappa shape index (κ1) is 20.6. The SMILES string of the molecule is COc1ccccc1OC(C)C(=O)NNC(=O)COc1ccc(Br)c(C)c1. The molecule has 2 amide bonds. The number of hydrogen-bond donors (Lipinski definition) is 2. The van der Waals surface area contributed by atoms with Crippen molar-refractivity contribution in [1.29, 1.82) is 0 Å². The van der Waals surface area contributed by atoms with Crippen LogP contribution in [0.5, 0.6) is 17.2 Å². The van der Waals surface area contributed by atoms with Crippen LogP contribution in [0.2, 0.25) is 0 Å². The van der Waals surface area contributed by atoms with Gasteiger partial charge in [0, 0.05) is 4.47 Å². The highest BCUT2D eigenvalue weighted by molar-refractivity contribution is 9.10. The Hall–Kier alpha value is -2.74. The largest absolute Gasteiger partial charge is 0.493 e. The van der Waals surface area contributed by atoms with Gasteiger partial charge in [-0.05, 0) is 49.7 Å². The Kier molecular flexibility index (Phi) is 7.48. The molecule has 2 aromatic rings. The number of methoxy groups -OCH3 is 1. The van der Waals surface area contributed by atoms with Crippen molar-refractivity contribution in [1.82, 2.24) is 10.9 Å². The molecule has 8 heteroatoms. The number of hydrazine groups is 1. The molecule has 2 rings (SSSR count). The standard InChI is InChI=1S/C19H21BrN2O5/c1-12-10-14(8-9-15(12)20)26-11-18(23)21-22-19(24)13(2)27-17-7-5-4-6-16(17)25-3/h4-10,13H,11H2,1-3H3,(H,21,23)(H,22,24). The molecular weight excluding hydrogens is 416 g/mol. The first-order chi connectivity index (χ1) is 12.9. The Bertz CT molecular complexity index is 812. The van der Waals surface area contributed by atoms with E-state index in [1.807, 2.05) is 13.0 Å². The molecule has 0 aliphatic carbocycles. The number of carbonyl (C=O) groups is 2. The molecule has 1 atom stereocenters. The minimum atomic E-state index is -0.836.